The Morgan fingerprint density at radius 2 is 2.04 bits per heavy atom. The average Bonchev–Trinajstić information content (AvgIpc) is 3.08. The number of hydrogen-bond donors (Lipinski definition) is 1. The standard InChI is InChI=1S/C16H16F3N3O4/c1-26-8-7-21(10-14(23)24)15(25)11-3-2-4-12(9-11)22-6-5-13(20-22)16(17,18)19/h2-6,9H,7-8,10H2,1H3,(H,23,24). The molecule has 0 atom stereocenters. The zero-order valence-electron chi connectivity index (χ0n) is 13.7. The molecule has 0 aliphatic heterocycles. The van der Waals surface area contributed by atoms with Crippen LogP contribution >= 0.6 is 0 Å². The second-order valence-electron chi connectivity index (χ2n) is 5.31. The lowest BCUT2D eigenvalue weighted by molar-refractivity contribution is -0.141. The highest BCUT2D eigenvalue weighted by atomic mass is 19.4. The maximum absolute atomic E-state index is 12.7. The van der Waals surface area contributed by atoms with Gasteiger partial charge in [-0.3, -0.25) is 9.59 Å². The van der Waals surface area contributed by atoms with Crippen molar-refractivity contribution < 1.29 is 32.6 Å². The van der Waals surface area contributed by atoms with Gasteiger partial charge in [0, 0.05) is 25.4 Å². The molecule has 26 heavy (non-hydrogen) atoms. The number of rotatable bonds is 7. The van der Waals surface area contributed by atoms with Crippen LogP contribution in [0.15, 0.2) is 36.5 Å². The van der Waals surface area contributed by atoms with Crippen molar-refractivity contribution in [1.29, 1.82) is 0 Å². The summed E-state index contributed by atoms with van der Waals surface area (Å²) in [4.78, 5) is 24.5. The molecule has 10 heteroatoms. The number of amides is 1. The van der Waals surface area contributed by atoms with Crippen molar-refractivity contribution in [2.75, 3.05) is 26.8 Å². The molecule has 1 aromatic heterocycles. The second kappa shape index (κ2) is 8.00. The Bertz CT molecular complexity index is 789. The SMILES string of the molecule is COCCN(CC(=O)O)C(=O)c1cccc(-n2ccc(C(F)(F)F)n2)c1. The van der Waals surface area contributed by atoms with Crippen molar-refractivity contribution in [2.24, 2.45) is 0 Å². The Hall–Kier alpha value is -2.88. The van der Waals surface area contributed by atoms with Crippen LogP contribution in [0.2, 0.25) is 0 Å². The van der Waals surface area contributed by atoms with Crippen LogP contribution in [0.5, 0.6) is 0 Å². The monoisotopic (exact) mass is 371 g/mol. The summed E-state index contributed by atoms with van der Waals surface area (Å²) in [7, 11) is 1.42. The number of benzene rings is 1. The molecule has 7 nitrogen and oxygen atoms in total. The highest BCUT2D eigenvalue weighted by molar-refractivity contribution is 5.96. The number of nitrogens with zero attached hydrogens (tertiary/aromatic N) is 3. The quantitative estimate of drug-likeness (QED) is 0.805. The van der Waals surface area contributed by atoms with E-state index in [1.54, 1.807) is 0 Å². The van der Waals surface area contributed by atoms with E-state index in [1.165, 1.54) is 31.4 Å². The Balaban J connectivity index is 2.27. The summed E-state index contributed by atoms with van der Waals surface area (Å²) >= 11 is 0. The molecule has 0 fully saturated rings. The normalized spacial score (nSPS) is 11.4. The number of halogens is 3. The van der Waals surface area contributed by atoms with Gasteiger partial charge >= 0.3 is 12.1 Å². The van der Waals surface area contributed by atoms with E-state index in [-0.39, 0.29) is 24.4 Å². The first-order valence-electron chi connectivity index (χ1n) is 7.45. The van der Waals surface area contributed by atoms with Gasteiger partial charge in [0.25, 0.3) is 5.91 Å². The minimum atomic E-state index is -4.57. The Morgan fingerprint density at radius 3 is 2.62 bits per heavy atom. The van der Waals surface area contributed by atoms with E-state index in [9.17, 15) is 22.8 Å². The summed E-state index contributed by atoms with van der Waals surface area (Å²) in [6.45, 7) is -0.314. The van der Waals surface area contributed by atoms with E-state index in [2.05, 4.69) is 5.10 Å². The van der Waals surface area contributed by atoms with E-state index in [0.717, 1.165) is 21.8 Å². The molecule has 1 aromatic carbocycles. The molecule has 2 aromatic rings. The predicted molar refractivity (Wildman–Crippen MR) is 84.0 cm³/mol. The number of ether oxygens (including phenoxy) is 1. The van der Waals surface area contributed by atoms with Crippen molar-refractivity contribution >= 4 is 11.9 Å². The van der Waals surface area contributed by atoms with Gasteiger partial charge in [-0.25, -0.2) is 4.68 Å². The van der Waals surface area contributed by atoms with Gasteiger partial charge < -0.3 is 14.7 Å². The smallest absolute Gasteiger partial charge is 0.435 e. The highest BCUT2D eigenvalue weighted by Crippen LogP contribution is 2.28. The third kappa shape index (κ3) is 4.82. The number of carbonyl (C=O) groups is 2. The Morgan fingerprint density at radius 1 is 1.31 bits per heavy atom. The predicted octanol–water partition coefficient (Wildman–Crippen LogP) is 2.06. The van der Waals surface area contributed by atoms with Crippen LogP contribution in [0.25, 0.3) is 5.69 Å². The number of aromatic nitrogens is 2. The van der Waals surface area contributed by atoms with E-state index in [0.29, 0.717) is 0 Å². The van der Waals surface area contributed by atoms with Gasteiger partial charge in [0.1, 0.15) is 6.54 Å². The van der Waals surface area contributed by atoms with Crippen LogP contribution < -0.4 is 0 Å². The second-order valence-corrected chi connectivity index (χ2v) is 5.31. The van der Waals surface area contributed by atoms with E-state index in [4.69, 9.17) is 9.84 Å². The molecule has 0 saturated carbocycles. The fourth-order valence-corrected chi connectivity index (χ4v) is 2.20. The molecular weight excluding hydrogens is 355 g/mol. The highest BCUT2D eigenvalue weighted by Gasteiger charge is 2.33. The molecule has 0 bridgehead atoms. The number of carbonyl (C=O) groups excluding carboxylic acids is 1. The van der Waals surface area contributed by atoms with Crippen LogP contribution in [0, 0.1) is 0 Å². The fourth-order valence-electron chi connectivity index (χ4n) is 2.20. The lowest BCUT2D eigenvalue weighted by atomic mass is 10.1. The Labute approximate surface area is 146 Å². The number of methoxy groups -OCH3 is 1. The molecule has 0 aliphatic carbocycles. The summed E-state index contributed by atoms with van der Waals surface area (Å²) in [5, 5.41) is 12.4. The molecule has 0 radical (unpaired) electrons. The number of hydrogen-bond acceptors (Lipinski definition) is 4. The fraction of sp³-hybridized carbons (Fsp3) is 0.312. The van der Waals surface area contributed by atoms with E-state index < -0.39 is 30.3 Å². The molecule has 140 valence electrons. The van der Waals surface area contributed by atoms with Crippen LogP contribution in [-0.2, 0) is 15.7 Å². The van der Waals surface area contributed by atoms with Gasteiger partial charge in [0.05, 0.1) is 12.3 Å². The summed E-state index contributed by atoms with van der Waals surface area (Å²) in [6, 6.07) is 6.58. The number of alkyl halides is 3. The number of aliphatic carboxylic acids is 1. The van der Waals surface area contributed by atoms with Gasteiger partial charge in [0.2, 0.25) is 0 Å². The van der Waals surface area contributed by atoms with Crippen molar-refractivity contribution in [2.45, 2.75) is 6.18 Å². The van der Waals surface area contributed by atoms with Gasteiger partial charge in [-0.15, -0.1) is 0 Å². The molecule has 0 spiro atoms. The zero-order chi connectivity index (χ0) is 19.3. The summed E-state index contributed by atoms with van der Waals surface area (Å²) in [5.41, 5.74) is -0.681. The van der Waals surface area contributed by atoms with Gasteiger partial charge in [-0.2, -0.15) is 18.3 Å². The minimum absolute atomic E-state index is 0.0614. The third-order valence-corrected chi connectivity index (χ3v) is 3.42. The molecule has 2 rings (SSSR count). The first-order chi connectivity index (χ1) is 12.2. The van der Waals surface area contributed by atoms with Gasteiger partial charge in [-0.05, 0) is 24.3 Å². The largest absolute Gasteiger partial charge is 0.480 e. The average molecular weight is 371 g/mol. The van der Waals surface area contributed by atoms with E-state index >= 15 is 0 Å². The van der Waals surface area contributed by atoms with E-state index in [1.807, 2.05) is 0 Å². The minimum Gasteiger partial charge on any atom is -0.480 e. The van der Waals surface area contributed by atoms with Crippen LogP contribution in [0.4, 0.5) is 13.2 Å². The third-order valence-electron chi connectivity index (χ3n) is 3.42. The molecule has 0 aliphatic rings. The maximum atomic E-state index is 12.7. The number of carboxylic acid groups (broad SMARTS) is 1. The first-order valence-corrected chi connectivity index (χ1v) is 7.45. The van der Waals surface area contributed by atoms with Crippen molar-refractivity contribution in [3.8, 4) is 5.69 Å². The molecule has 1 heterocycles. The summed E-state index contributed by atoms with van der Waals surface area (Å²) in [5.74, 6) is -1.76. The van der Waals surface area contributed by atoms with Gasteiger partial charge in [0.15, 0.2) is 5.69 Å². The zero-order valence-corrected chi connectivity index (χ0v) is 13.7. The first kappa shape index (κ1) is 19.4. The molecule has 0 saturated heterocycles. The summed E-state index contributed by atoms with van der Waals surface area (Å²) in [6.07, 6.45) is -3.44. The van der Waals surface area contributed by atoms with Gasteiger partial charge in [-0.1, -0.05) is 6.07 Å². The Kier molecular flexibility index (Phi) is 5.98. The molecule has 1 N–H and O–H groups in total. The molecule has 0 unspecified atom stereocenters. The lowest BCUT2D eigenvalue weighted by Crippen LogP contribution is -2.38. The van der Waals surface area contributed by atoms with Crippen molar-refractivity contribution in [1.82, 2.24) is 14.7 Å². The van der Waals surface area contributed by atoms with Crippen molar-refractivity contribution in [3.63, 3.8) is 0 Å². The maximum Gasteiger partial charge on any atom is 0.435 e. The van der Waals surface area contributed by atoms with Crippen molar-refractivity contribution in [3.05, 3.63) is 47.8 Å². The topological polar surface area (TPSA) is 84.7 Å². The number of carboxylic acids is 1. The molecule has 1 amide bonds. The molecular formula is C16H16F3N3O4. The lowest BCUT2D eigenvalue weighted by Gasteiger charge is -2.20. The van der Waals surface area contributed by atoms with Crippen LogP contribution in [-0.4, -0.2) is 58.5 Å². The van der Waals surface area contributed by atoms with Crippen LogP contribution in [0.1, 0.15) is 16.1 Å². The summed E-state index contributed by atoms with van der Waals surface area (Å²) < 4.78 is 43.9. The van der Waals surface area contributed by atoms with Crippen LogP contribution in [0.3, 0.4) is 0 Å².